The highest BCUT2D eigenvalue weighted by Crippen LogP contribution is 2.18. The number of hydrogen-bond donors (Lipinski definition) is 2. The molecule has 2 rings (SSSR count). The van der Waals surface area contributed by atoms with E-state index in [2.05, 4.69) is 5.32 Å². The van der Waals surface area contributed by atoms with E-state index in [1.54, 1.807) is 12.3 Å². The maximum atomic E-state index is 12.3. The van der Waals surface area contributed by atoms with Crippen LogP contribution in [-0.4, -0.2) is 53.4 Å². The van der Waals surface area contributed by atoms with E-state index in [0.29, 0.717) is 13.1 Å². The van der Waals surface area contributed by atoms with Crippen LogP contribution in [0.1, 0.15) is 39.4 Å². The Bertz CT molecular complexity index is 481. The molecule has 23 heavy (non-hydrogen) atoms. The van der Waals surface area contributed by atoms with Gasteiger partial charge in [0, 0.05) is 6.54 Å². The molecule has 1 aliphatic heterocycles. The van der Waals surface area contributed by atoms with Crippen molar-refractivity contribution < 1.29 is 19.1 Å². The van der Waals surface area contributed by atoms with Crippen molar-refractivity contribution in [3.8, 4) is 0 Å². The Hall–Kier alpha value is -1.37. The molecule has 6 nitrogen and oxygen atoms in total. The highest BCUT2D eigenvalue weighted by atomic mass is 16.5. The fourth-order valence-corrected chi connectivity index (χ4v) is 2.72. The number of furan rings is 1. The van der Waals surface area contributed by atoms with E-state index in [0.717, 1.165) is 25.1 Å². The highest BCUT2D eigenvalue weighted by Gasteiger charge is 2.32. The first-order valence-corrected chi connectivity index (χ1v) is 8.21. The van der Waals surface area contributed by atoms with Crippen LogP contribution in [-0.2, 0) is 16.1 Å². The van der Waals surface area contributed by atoms with Gasteiger partial charge in [-0.3, -0.25) is 9.69 Å². The smallest absolute Gasteiger partial charge is 0.237 e. The van der Waals surface area contributed by atoms with Crippen LogP contribution in [0.2, 0.25) is 0 Å². The molecule has 0 bridgehead atoms. The predicted molar refractivity (Wildman–Crippen MR) is 86.9 cm³/mol. The van der Waals surface area contributed by atoms with Crippen LogP contribution in [0.3, 0.4) is 0 Å². The van der Waals surface area contributed by atoms with Crippen molar-refractivity contribution in [3.05, 3.63) is 24.2 Å². The summed E-state index contributed by atoms with van der Waals surface area (Å²) >= 11 is 0. The van der Waals surface area contributed by atoms with Crippen LogP contribution < -0.4 is 5.32 Å². The van der Waals surface area contributed by atoms with Gasteiger partial charge in [0.05, 0.1) is 37.2 Å². The predicted octanol–water partition coefficient (Wildman–Crippen LogP) is 1.54. The van der Waals surface area contributed by atoms with Gasteiger partial charge in [-0.2, -0.15) is 0 Å². The minimum Gasteiger partial charge on any atom is -0.467 e. The average Bonchev–Trinajstić information content (AvgIpc) is 3.13. The summed E-state index contributed by atoms with van der Waals surface area (Å²) in [4.78, 5) is 14.4. The first kappa shape index (κ1) is 18.0. The maximum Gasteiger partial charge on any atom is 0.237 e. The maximum absolute atomic E-state index is 12.3. The third-order valence-corrected chi connectivity index (χ3v) is 3.84. The molecular weight excluding hydrogens is 296 g/mol. The number of carbonyl (C=O) groups excluding carboxylic acids is 1. The summed E-state index contributed by atoms with van der Waals surface area (Å²) in [6.45, 7) is 7.83. The molecule has 1 aromatic rings. The summed E-state index contributed by atoms with van der Waals surface area (Å²) in [5.41, 5.74) is -0.272. The largest absolute Gasteiger partial charge is 0.467 e. The lowest BCUT2D eigenvalue weighted by Gasteiger charge is -2.27. The van der Waals surface area contributed by atoms with Gasteiger partial charge in [0.1, 0.15) is 5.76 Å². The number of rotatable bonds is 7. The molecule has 6 heteroatoms. The lowest BCUT2D eigenvalue weighted by molar-refractivity contribution is -0.126. The number of aliphatic hydroxyl groups is 1. The molecule has 2 N–H and O–H groups in total. The Labute approximate surface area is 137 Å². The number of likely N-dealkylation sites (tertiary alicyclic amines) is 1. The molecule has 0 radical (unpaired) electrons. The third kappa shape index (κ3) is 5.97. The molecule has 1 aliphatic rings. The average molecular weight is 324 g/mol. The summed E-state index contributed by atoms with van der Waals surface area (Å²) in [5, 5.41) is 13.0. The van der Waals surface area contributed by atoms with E-state index >= 15 is 0 Å². The van der Waals surface area contributed by atoms with E-state index in [-0.39, 0.29) is 24.2 Å². The monoisotopic (exact) mass is 324 g/mol. The van der Waals surface area contributed by atoms with Crippen molar-refractivity contribution >= 4 is 5.91 Å². The Morgan fingerprint density at radius 2 is 2.35 bits per heavy atom. The Morgan fingerprint density at radius 1 is 1.57 bits per heavy atom. The van der Waals surface area contributed by atoms with Gasteiger partial charge in [0.15, 0.2) is 0 Å². The van der Waals surface area contributed by atoms with Crippen molar-refractivity contribution in [3.63, 3.8) is 0 Å². The standard InChI is InChI=1S/C17H28N2O4/c1-17(2,3)23-12-13(20)11-19-8-4-7-15(19)16(21)18-10-14-6-5-9-22-14/h5-6,9,13,15,20H,4,7-8,10-12H2,1-3H3,(H,18,21)/t13-,15-/m0/s1. The molecule has 1 fully saturated rings. The van der Waals surface area contributed by atoms with Gasteiger partial charge in [-0.1, -0.05) is 0 Å². The summed E-state index contributed by atoms with van der Waals surface area (Å²) in [6, 6.07) is 3.45. The van der Waals surface area contributed by atoms with Crippen molar-refractivity contribution in [1.82, 2.24) is 10.2 Å². The van der Waals surface area contributed by atoms with Crippen LogP contribution in [0, 0.1) is 0 Å². The number of ether oxygens (including phenoxy) is 1. The number of β-amino-alcohol motifs (C(OH)–C–C–N with tert-alkyl or cyclic N) is 1. The van der Waals surface area contributed by atoms with Crippen molar-refractivity contribution in [1.29, 1.82) is 0 Å². The molecule has 2 atom stereocenters. The van der Waals surface area contributed by atoms with E-state index in [4.69, 9.17) is 9.15 Å². The van der Waals surface area contributed by atoms with Gasteiger partial charge >= 0.3 is 0 Å². The lowest BCUT2D eigenvalue weighted by Crippen LogP contribution is -2.46. The number of carbonyl (C=O) groups is 1. The minimum absolute atomic E-state index is 0.0113. The SMILES string of the molecule is CC(C)(C)OC[C@@H](O)CN1CCC[C@H]1C(=O)NCc1ccco1. The van der Waals surface area contributed by atoms with Crippen LogP contribution in [0.5, 0.6) is 0 Å². The number of nitrogens with one attached hydrogen (secondary N) is 1. The summed E-state index contributed by atoms with van der Waals surface area (Å²) in [7, 11) is 0. The first-order valence-electron chi connectivity index (χ1n) is 8.21. The second kappa shape index (κ2) is 7.95. The molecule has 0 aliphatic carbocycles. The first-order chi connectivity index (χ1) is 10.8. The minimum atomic E-state index is -0.590. The quantitative estimate of drug-likeness (QED) is 0.796. The molecule has 2 heterocycles. The van der Waals surface area contributed by atoms with Gasteiger partial charge in [-0.15, -0.1) is 0 Å². The molecule has 1 amide bonds. The molecule has 0 aromatic carbocycles. The fourth-order valence-electron chi connectivity index (χ4n) is 2.72. The van der Waals surface area contributed by atoms with Gasteiger partial charge < -0.3 is 19.6 Å². The zero-order chi connectivity index (χ0) is 16.9. The Morgan fingerprint density at radius 3 is 3.00 bits per heavy atom. The van der Waals surface area contributed by atoms with Gasteiger partial charge in [0.25, 0.3) is 0 Å². The number of amides is 1. The molecule has 0 saturated carbocycles. The summed E-state index contributed by atoms with van der Waals surface area (Å²) < 4.78 is 10.8. The molecule has 1 saturated heterocycles. The van der Waals surface area contributed by atoms with Gasteiger partial charge in [0.2, 0.25) is 5.91 Å². The van der Waals surface area contributed by atoms with E-state index in [1.165, 1.54) is 0 Å². The molecule has 0 spiro atoms. The zero-order valence-electron chi connectivity index (χ0n) is 14.2. The summed E-state index contributed by atoms with van der Waals surface area (Å²) in [6.07, 6.45) is 2.78. The highest BCUT2D eigenvalue weighted by molar-refractivity contribution is 5.81. The van der Waals surface area contributed by atoms with Crippen LogP contribution in [0.4, 0.5) is 0 Å². The topological polar surface area (TPSA) is 74.9 Å². The fraction of sp³-hybridized carbons (Fsp3) is 0.706. The van der Waals surface area contributed by atoms with Crippen LogP contribution in [0.25, 0.3) is 0 Å². The molecular formula is C17H28N2O4. The zero-order valence-corrected chi connectivity index (χ0v) is 14.2. The number of nitrogens with zero attached hydrogens (tertiary/aromatic N) is 1. The third-order valence-electron chi connectivity index (χ3n) is 3.84. The molecule has 130 valence electrons. The van der Waals surface area contributed by atoms with Crippen molar-refractivity contribution in [2.75, 3.05) is 19.7 Å². The van der Waals surface area contributed by atoms with E-state index in [9.17, 15) is 9.90 Å². The van der Waals surface area contributed by atoms with Crippen molar-refractivity contribution in [2.24, 2.45) is 0 Å². The lowest BCUT2D eigenvalue weighted by atomic mass is 10.2. The Balaban J connectivity index is 1.78. The molecule has 1 aromatic heterocycles. The summed E-state index contributed by atoms with van der Waals surface area (Å²) in [5.74, 6) is 0.726. The number of aliphatic hydroxyl groups excluding tert-OH is 1. The van der Waals surface area contributed by atoms with Crippen LogP contribution >= 0.6 is 0 Å². The van der Waals surface area contributed by atoms with Crippen molar-refractivity contribution in [2.45, 2.75) is 57.9 Å². The van der Waals surface area contributed by atoms with E-state index in [1.807, 2.05) is 31.7 Å². The second-order valence-corrected chi connectivity index (χ2v) is 7.03. The second-order valence-electron chi connectivity index (χ2n) is 7.03. The Kier molecular flexibility index (Phi) is 6.21. The molecule has 0 unspecified atom stereocenters. The van der Waals surface area contributed by atoms with Gasteiger partial charge in [-0.25, -0.2) is 0 Å². The van der Waals surface area contributed by atoms with Gasteiger partial charge in [-0.05, 0) is 52.3 Å². The van der Waals surface area contributed by atoms with Crippen LogP contribution in [0.15, 0.2) is 22.8 Å². The normalized spacial score (nSPS) is 20.6. The number of hydrogen-bond acceptors (Lipinski definition) is 5. The van der Waals surface area contributed by atoms with E-state index < -0.39 is 6.10 Å².